The quantitative estimate of drug-likeness (QED) is 0.753. The molecular formula is C14H25NO2. The van der Waals surface area contributed by atoms with Gasteiger partial charge in [0.2, 0.25) is 0 Å². The van der Waals surface area contributed by atoms with Crippen molar-refractivity contribution >= 4 is 0 Å². The lowest BCUT2D eigenvalue weighted by Crippen LogP contribution is -2.53. The van der Waals surface area contributed by atoms with Crippen molar-refractivity contribution in [3.05, 3.63) is 0 Å². The van der Waals surface area contributed by atoms with E-state index >= 15 is 0 Å². The Kier molecular flexibility index (Phi) is 2.59. The van der Waals surface area contributed by atoms with E-state index in [4.69, 9.17) is 4.74 Å². The number of nitrogens with zero attached hydrogens (tertiary/aromatic N) is 1. The van der Waals surface area contributed by atoms with Crippen LogP contribution >= 0.6 is 0 Å². The third-order valence-corrected chi connectivity index (χ3v) is 6.23. The molecule has 0 aromatic carbocycles. The van der Waals surface area contributed by atoms with Crippen molar-refractivity contribution < 1.29 is 9.84 Å². The Labute approximate surface area is 104 Å². The first-order chi connectivity index (χ1) is 7.98. The molecule has 3 fully saturated rings. The van der Waals surface area contributed by atoms with Gasteiger partial charge in [-0.25, -0.2) is 0 Å². The van der Waals surface area contributed by atoms with Crippen molar-refractivity contribution in [3.63, 3.8) is 0 Å². The number of morpholine rings is 1. The normalized spacial score (nSPS) is 49.8. The van der Waals surface area contributed by atoms with E-state index in [1.54, 1.807) is 0 Å². The maximum Gasteiger partial charge on any atom is 0.0756 e. The first-order valence-corrected chi connectivity index (χ1v) is 6.98. The molecule has 0 amide bonds. The van der Waals surface area contributed by atoms with Crippen molar-refractivity contribution in [3.8, 4) is 0 Å². The third kappa shape index (κ3) is 1.39. The molecule has 0 unspecified atom stereocenters. The monoisotopic (exact) mass is 239 g/mol. The molecule has 0 spiro atoms. The molecule has 0 radical (unpaired) electrons. The molecule has 1 saturated heterocycles. The molecule has 1 aliphatic heterocycles. The topological polar surface area (TPSA) is 32.7 Å². The molecule has 3 rings (SSSR count). The van der Waals surface area contributed by atoms with Crippen LogP contribution in [0, 0.1) is 16.7 Å². The smallest absolute Gasteiger partial charge is 0.0756 e. The second-order valence-electron chi connectivity index (χ2n) is 6.87. The molecule has 0 aromatic heterocycles. The van der Waals surface area contributed by atoms with E-state index in [1.165, 1.54) is 12.8 Å². The summed E-state index contributed by atoms with van der Waals surface area (Å²) >= 11 is 0. The maximum atomic E-state index is 10.7. The van der Waals surface area contributed by atoms with Crippen molar-refractivity contribution in [2.75, 3.05) is 26.3 Å². The number of hydrogen-bond donors (Lipinski definition) is 1. The summed E-state index contributed by atoms with van der Waals surface area (Å²) in [5.41, 5.74) is 0.385. The van der Waals surface area contributed by atoms with Gasteiger partial charge in [0.1, 0.15) is 0 Å². The molecule has 1 heterocycles. The standard InChI is InChI=1S/C14H25NO2/c1-13(2)10-4-5-14(13,3)12(16)11(10)15-6-8-17-9-7-15/h10-12,16H,4-9H2,1-3H3/t10-,11-,12-,14+/m0/s1. The highest BCUT2D eigenvalue weighted by molar-refractivity contribution is 5.17. The molecule has 2 aliphatic carbocycles. The van der Waals surface area contributed by atoms with Gasteiger partial charge in [0.05, 0.1) is 19.3 Å². The molecular weight excluding hydrogens is 214 g/mol. The lowest BCUT2D eigenvalue weighted by atomic mass is 9.70. The van der Waals surface area contributed by atoms with Gasteiger partial charge in [-0.05, 0) is 24.2 Å². The molecule has 3 aliphatic rings. The Bertz CT molecular complexity index is 311. The Morgan fingerprint density at radius 2 is 1.82 bits per heavy atom. The molecule has 3 heteroatoms. The highest BCUT2D eigenvalue weighted by Crippen LogP contribution is 2.66. The van der Waals surface area contributed by atoms with Crippen LogP contribution < -0.4 is 0 Å². The van der Waals surface area contributed by atoms with E-state index in [-0.39, 0.29) is 16.9 Å². The number of ether oxygens (including phenoxy) is 1. The summed E-state index contributed by atoms with van der Waals surface area (Å²) in [4.78, 5) is 2.48. The van der Waals surface area contributed by atoms with Crippen molar-refractivity contribution in [1.29, 1.82) is 0 Å². The Hall–Kier alpha value is -0.120. The number of aliphatic hydroxyl groups is 1. The average molecular weight is 239 g/mol. The minimum Gasteiger partial charge on any atom is -0.391 e. The van der Waals surface area contributed by atoms with Gasteiger partial charge in [-0.2, -0.15) is 0 Å². The van der Waals surface area contributed by atoms with Gasteiger partial charge in [-0.3, -0.25) is 4.90 Å². The SMILES string of the molecule is CC1(C)[C@H]2CC[C@]1(C)[C@@H](O)[C@H]2N1CCOCC1. The van der Waals surface area contributed by atoms with Crippen LogP contribution in [-0.2, 0) is 4.74 Å². The van der Waals surface area contributed by atoms with Gasteiger partial charge in [-0.15, -0.1) is 0 Å². The summed E-state index contributed by atoms with van der Waals surface area (Å²) in [7, 11) is 0. The fraction of sp³-hybridized carbons (Fsp3) is 1.00. The second kappa shape index (κ2) is 3.69. The molecule has 4 atom stereocenters. The number of rotatable bonds is 1. The number of aliphatic hydroxyl groups excluding tert-OH is 1. The lowest BCUT2D eigenvalue weighted by Gasteiger charge is -2.41. The summed E-state index contributed by atoms with van der Waals surface area (Å²) in [6, 6.07) is 0.368. The van der Waals surface area contributed by atoms with E-state index in [2.05, 4.69) is 25.7 Å². The van der Waals surface area contributed by atoms with E-state index in [1.807, 2.05) is 0 Å². The van der Waals surface area contributed by atoms with Crippen molar-refractivity contribution in [2.45, 2.75) is 45.8 Å². The largest absolute Gasteiger partial charge is 0.391 e. The molecule has 3 nitrogen and oxygen atoms in total. The molecule has 98 valence electrons. The van der Waals surface area contributed by atoms with Crippen LogP contribution in [-0.4, -0.2) is 48.5 Å². The maximum absolute atomic E-state index is 10.7. The number of fused-ring (bicyclic) bond motifs is 2. The molecule has 2 saturated carbocycles. The van der Waals surface area contributed by atoms with Crippen molar-refractivity contribution in [1.82, 2.24) is 4.90 Å². The first kappa shape index (κ1) is 11.9. The Morgan fingerprint density at radius 3 is 2.35 bits per heavy atom. The van der Waals surface area contributed by atoms with E-state index in [0.29, 0.717) is 12.0 Å². The van der Waals surface area contributed by atoms with Gasteiger partial charge in [0.15, 0.2) is 0 Å². The van der Waals surface area contributed by atoms with Crippen LogP contribution in [0.25, 0.3) is 0 Å². The highest BCUT2D eigenvalue weighted by Gasteiger charge is 2.66. The van der Waals surface area contributed by atoms with Crippen LogP contribution in [0.5, 0.6) is 0 Å². The summed E-state index contributed by atoms with van der Waals surface area (Å²) in [5.74, 6) is 0.653. The summed E-state index contributed by atoms with van der Waals surface area (Å²) in [6.45, 7) is 10.6. The van der Waals surface area contributed by atoms with Crippen LogP contribution in [0.2, 0.25) is 0 Å². The Balaban J connectivity index is 1.88. The van der Waals surface area contributed by atoms with Gasteiger partial charge in [0.25, 0.3) is 0 Å². The van der Waals surface area contributed by atoms with Crippen LogP contribution in [0.1, 0.15) is 33.6 Å². The second-order valence-corrected chi connectivity index (χ2v) is 6.87. The predicted molar refractivity (Wildman–Crippen MR) is 66.8 cm³/mol. The molecule has 2 bridgehead atoms. The Morgan fingerprint density at radius 1 is 1.18 bits per heavy atom. The van der Waals surface area contributed by atoms with Crippen molar-refractivity contribution in [2.24, 2.45) is 16.7 Å². The average Bonchev–Trinajstić information content (AvgIpc) is 2.62. The third-order valence-electron chi connectivity index (χ3n) is 6.23. The highest BCUT2D eigenvalue weighted by atomic mass is 16.5. The lowest BCUT2D eigenvalue weighted by molar-refractivity contribution is -0.0596. The van der Waals surface area contributed by atoms with Crippen LogP contribution in [0.4, 0.5) is 0 Å². The summed E-state index contributed by atoms with van der Waals surface area (Å²) in [5, 5.41) is 10.7. The van der Waals surface area contributed by atoms with Crippen LogP contribution in [0.3, 0.4) is 0 Å². The zero-order chi connectivity index (χ0) is 12.3. The van der Waals surface area contributed by atoms with Gasteiger partial charge in [-0.1, -0.05) is 20.8 Å². The fourth-order valence-corrected chi connectivity index (χ4v) is 4.62. The van der Waals surface area contributed by atoms with E-state index < -0.39 is 0 Å². The predicted octanol–water partition coefficient (Wildman–Crippen LogP) is 1.50. The zero-order valence-corrected chi connectivity index (χ0v) is 11.3. The first-order valence-electron chi connectivity index (χ1n) is 6.98. The summed E-state index contributed by atoms with van der Waals surface area (Å²) < 4.78 is 5.43. The molecule has 17 heavy (non-hydrogen) atoms. The fourth-order valence-electron chi connectivity index (χ4n) is 4.62. The summed E-state index contributed by atoms with van der Waals surface area (Å²) in [6.07, 6.45) is 2.31. The van der Waals surface area contributed by atoms with Gasteiger partial charge >= 0.3 is 0 Å². The molecule has 0 aromatic rings. The van der Waals surface area contributed by atoms with Gasteiger partial charge < -0.3 is 9.84 Å². The van der Waals surface area contributed by atoms with Gasteiger partial charge in [0, 0.05) is 24.5 Å². The minimum absolute atomic E-state index is 0.112. The van der Waals surface area contributed by atoms with E-state index in [9.17, 15) is 5.11 Å². The number of hydrogen-bond acceptors (Lipinski definition) is 3. The molecule has 1 N–H and O–H groups in total. The minimum atomic E-state index is -0.158. The van der Waals surface area contributed by atoms with E-state index in [0.717, 1.165) is 26.3 Å². The van der Waals surface area contributed by atoms with Crippen LogP contribution in [0.15, 0.2) is 0 Å². The zero-order valence-electron chi connectivity index (χ0n) is 11.3.